The summed E-state index contributed by atoms with van der Waals surface area (Å²) in [5.74, 6) is 0.0168. The Balaban J connectivity index is 2.38. The number of nitrogens with one attached hydrogen (secondary N) is 1. The molecule has 0 bridgehead atoms. The predicted octanol–water partition coefficient (Wildman–Crippen LogP) is 2.21. The summed E-state index contributed by atoms with van der Waals surface area (Å²) in [5, 5.41) is 4.07. The van der Waals surface area contributed by atoms with Crippen LogP contribution in [0.25, 0.3) is 0 Å². The topological polar surface area (TPSA) is 32.3 Å². The Labute approximate surface area is 112 Å². The van der Waals surface area contributed by atoms with E-state index in [1.54, 1.807) is 6.07 Å². The lowest BCUT2D eigenvalue weighted by Crippen LogP contribution is -2.34. The van der Waals surface area contributed by atoms with E-state index in [0.717, 1.165) is 12.0 Å². The zero-order valence-corrected chi connectivity index (χ0v) is 11.5. The van der Waals surface area contributed by atoms with Gasteiger partial charge in [0, 0.05) is 16.6 Å². The van der Waals surface area contributed by atoms with Gasteiger partial charge in [-0.3, -0.25) is 4.79 Å². The Morgan fingerprint density at radius 1 is 1.24 bits per heavy atom. The summed E-state index contributed by atoms with van der Waals surface area (Å²) in [6, 6.07) is 5.40. The van der Waals surface area contributed by atoms with Gasteiger partial charge in [-0.05, 0) is 44.3 Å². The van der Waals surface area contributed by atoms with Crippen LogP contribution in [0.4, 0.5) is 0 Å². The molecule has 0 aliphatic heterocycles. The molecule has 1 rings (SSSR count). The number of rotatable bonds is 5. The first-order valence-electron chi connectivity index (χ1n) is 5.34. The fourth-order valence-electron chi connectivity index (χ4n) is 1.44. The van der Waals surface area contributed by atoms with E-state index >= 15 is 0 Å². The van der Waals surface area contributed by atoms with Crippen LogP contribution in [0.3, 0.4) is 0 Å². The van der Waals surface area contributed by atoms with Crippen LogP contribution in [0.2, 0.25) is 10.0 Å². The lowest BCUT2D eigenvalue weighted by atomic mass is 10.1. The SMILES string of the molecule is CN(C)CC(=O)NCCc1cc(Cl)cc(Cl)c1. The van der Waals surface area contributed by atoms with Crippen molar-refractivity contribution in [2.75, 3.05) is 27.2 Å². The largest absolute Gasteiger partial charge is 0.355 e. The maximum absolute atomic E-state index is 11.4. The molecule has 94 valence electrons. The Morgan fingerprint density at radius 3 is 2.35 bits per heavy atom. The Hall–Kier alpha value is -0.770. The fourth-order valence-corrected chi connectivity index (χ4v) is 2.02. The van der Waals surface area contributed by atoms with E-state index in [0.29, 0.717) is 23.1 Å². The molecule has 1 N–H and O–H groups in total. The van der Waals surface area contributed by atoms with Gasteiger partial charge in [0.1, 0.15) is 0 Å². The molecule has 0 saturated carbocycles. The van der Waals surface area contributed by atoms with Crippen LogP contribution < -0.4 is 5.32 Å². The Kier molecular flexibility index (Phi) is 5.75. The van der Waals surface area contributed by atoms with Gasteiger partial charge in [0.2, 0.25) is 5.91 Å². The molecule has 5 heteroatoms. The summed E-state index contributed by atoms with van der Waals surface area (Å²) in [4.78, 5) is 13.2. The van der Waals surface area contributed by atoms with Crippen LogP contribution in [0.5, 0.6) is 0 Å². The van der Waals surface area contributed by atoms with Gasteiger partial charge in [-0.2, -0.15) is 0 Å². The number of nitrogens with zero attached hydrogens (tertiary/aromatic N) is 1. The first-order valence-corrected chi connectivity index (χ1v) is 6.09. The zero-order valence-electron chi connectivity index (χ0n) is 9.96. The van der Waals surface area contributed by atoms with Gasteiger partial charge in [0.25, 0.3) is 0 Å². The molecule has 1 aromatic carbocycles. The molecule has 17 heavy (non-hydrogen) atoms. The van der Waals surface area contributed by atoms with Crippen molar-refractivity contribution in [3.8, 4) is 0 Å². The average molecular weight is 275 g/mol. The normalized spacial score (nSPS) is 10.6. The van der Waals surface area contributed by atoms with Crippen molar-refractivity contribution in [3.63, 3.8) is 0 Å². The lowest BCUT2D eigenvalue weighted by Gasteiger charge is -2.10. The Morgan fingerprint density at radius 2 is 1.82 bits per heavy atom. The number of hydrogen-bond acceptors (Lipinski definition) is 2. The van der Waals surface area contributed by atoms with Gasteiger partial charge in [0.15, 0.2) is 0 Å². The molecule has 0 fully saturated rings. The van der Waals surface area contributed by atoms with Crippen LogP contribution >= 0.6 is 23.2 Å². The summed E-state index contributed by atoms with van der Waals surface area (Å²) in [5.41, 5.74) is 1.02. The molecule has 0 radical (unpaired) electrons. The maximum Gasteiger partial charge on any atom is 0.234 e. The number of carbonyl (C=O) groups is 1. The third-order valence-corrected chi connectivity index (χ3v) is 2.55. The molecule has 0 spiro atoms. The van der Waals surface area contributed by atoms with Crippen LogP contribution in [-0.2, 0) is 11.2 Å². The monoisotopic (exact) mass is 274 g/mol. The van der Waals surface area contributed by atoms with Crippen molar-refractivity contribution in [1.82, 2.24) is 10.2 Å². The summed E-state index contributed by atoms with van der Waals surface area (Å²) in [6.45, 7) is 0.986. The van der Waals surface area contributed by atoms with Gasteiger partial charge >= 0.3 is 0 Å². The van der Waals surface area contributed by atoms with E-state index in [1.807, 2.05) is 31.1 Å². The molecule has 0 atom stereocenters. The number of carbonyl (C=O) groups excluding carboxylic acids is 1. The van der Waals surface area contributed by atoms with Crippen molar-refractivity contribution in [3.05, 3.63) is 33.8 Å². The highest BCUT2D eigenvalue weighted by molar-refractivity contribution is 6.34. The van der Waals surface area contributed by atoms with Crippen molar-refractivity contribution < 1.29 is 4.79 Å². The molecule has 1 aromatic rings. The second kappa shape index (κ2) is 6.84. The zero-order chi connectivity index (χ0) is 12.8. The van der Waals surface area contributed by atoms with E-state index < -0.39 is 0 Å². The number of likely N-dealkylation sites (N-methyl/N-ethyl adjacent to an activating group) is 1. The second-order valence-electron chi connectivity index (χ2n) is 4.12. The van der Waals surface area contributed by atoms with Gasteiger partial charge < -0.3 is 10.2 Å². The second-order valence-corrected chi connectivity index (χ2v) is 4.99. The molecule has 0 heterocycles. The van der Waals surface area contributed by atoms with Crippen molar-refractivity contribution in [2.45, 2.75) is 6.42 Å². The highest BCUT2D eigenvalue weighted by Gasteiger charge is 2.03. The third-order valence-electron chi connectivity index (χ3n) is 2.12. The summed E-state index contributed by atoms with van der Waals surface area (Å²) in [7, 11) is 3.71. The van der Waals surface area contributed by atoms with Gasteiger partial charge in [-0.1, -0.05) is 23.2 Å². The minimum Gasteiger partial charge on any atom is -0.355 e. The predicted molar refractivity (Wildman–Crippen MR) is 71.7 cm³/mol. The van der Waals surface area contributed by atoms with Crippen molar-refractivity contribution in [2.24, 2.45) is 0 Å². The van der Waals surface area contributed by atoms with E-state index in [2.05, 4.69) is 5.32 Å². The van der Waals surface area contributed by atoms with Crippen LogP contribution in [0.1, 0.15) is 5.56 Å². The van der Waals surface area contributed by atoms with Gasteiger partial charge in [0.05, 0.1) is 6.54 Å². The van der Waals surface area contributed by atoms with Crippen LogP contribution in [-0.4, -0.2) is 38.0 Å². The van der Waals surface area contributed by atoms with E-state index in [-0.39, 0.29) is 5.91 Å². The van der Waals surface area contributed by atoms with E-state index in [1.165, 1.54) is 0 Å². The number of hydrogen-bond donors (Lipinski definition) is 1. The molecule has 3 nitrogen and oxygen atoms in total. The quantitative estimate of drug-likeness (QED) is 0.893. The van der Waals surface area contributed by atoms with Gasteiger partial charge in [-0.15, -0.1) is 0 Å². The van der Waals surface area contributed by atoms with Gasteiger partial charge in [-0.25, -0.2) is 0 Å². The molecule has 0 unspecified atom stereocenters. The summed E-state index contributed by atoms with van der Waals surface area (Å²) >= 11 is 11.8. The third kappa shape index (κ3) is 5.91. The standard InChI is InChI=1S/C12H16Cl2N2O/c1-16(2)8-12(17)15-4-3-9-5-10(13)7-11(14)6-9/h5-7H,3-4,8H2,1-2H3,(H,15,17). The maximum atomic E-state index is 11.4. The molecule has 1 amide bonds. The number of amides is 1. The molecule has 0 aliphatic carbocycles. The minimum absolute atomic E-state index is 0.0168. The first-order chi connectivity index (χ1) is 7.97. The summed E-state index contributed by atoms with van der Waals surface area (Å²) in [6.07, 6.45) is 0.722. The van der Waals surface area contributed by atoms with E-state index in [4.69, 9.17) is 23.2 Å². The van der Waals surface area contributed by atoms with Crippen LogP contribution in [0.15, 0.2) is 18.2 Å². The van der Waals surface area contributed by atoms with E-state index in [9.17, 15) is 4.79 Å². The number of halogens is 2. The van der Waals surface area contributed by atoms with Crippen molar-refractivity contribution >= 4 is 29.1 Å². The summed E-state index contributed by atoms with van der Waals surface area (Å²) < 4.78 is 0. The average Bonchev–Trinajstić information content (AvgIpc) is 2.14. The highest BCUT2D eigenvalue weighted by atomic mass is 35.5. The fraction of sp³-hybridized carbons (Fsp3) is 0.417. The highest BCUT2D eigenvalue weighted by Crippen LogP contribution is 2.19. The lowest BCUT2D eigenvalue weighted by molar-refractivity contribution is -0.121. The van der Waals surface area contributed by atoms with Crippen LogP contribution in [0, 0.1) is 0 Å². The minimum atomic E-state index is 0.0168. The molecule has 0 aromatic heterocycles. The molecule has 0 saturated heterocycles. The Bertz CT molecular complexity index is 374. The first kappa shape index (κ1) is 14.3. The molecule has 0 aliphatic rings. The number of benzene rings is 1. The van der Waals surface area contributed by atoms with Crippen molar-refractivity contribution in [1.29, 1.82) is 0 Å². The molecular formula is C12H16Cl2N2O. The smallest absolute Gasteiger partial charge is 0.234 e. The molecular weight excluding hydrogens is 259 g/mol.